The van der Waals surface area contributed by atoms with Crippen molar-refractivity contribution in [3.8, 4) is 0 Å². The van der Waals surface area contributed by atoms with Crippen LogP contribution in [0.5, 0.6) is 0 Å². The second kappa shape index (κ2) is 7.17. The molecule has 1 aromatic rings. The predicted molar refractivity (Wildman–Crippen MR) is 76.9 cm³/mol. The minimum absolute atomic E-state index is 0.0682. The molecule has 0 bridgehead atoms. The van der Waals surface area contributed by atoms with Crippen molar-refractivity contribution in [1.29, 1.82) is 0 Å². The number of benzene rings is 1. The van der Waals surface area contributed by atoms with Crippen LogP contribution < -0.4 is 5.32 Å². The minimum atomic E-state index is -0.312. The van der Waals surface area contributed by atoms with Gasteiger partial charge in [0.2, 0.25) is 11.8 Å². The summed E-state index contributed by atoms with van der Waals surface area (Å²) in [6.45, 7) is 4.70. The van der Waals surface area contributed by atoms with E-state index in [0.29, 0.717) is 31.7 Å². The smallest absolute Gasteiger partial charge is 0.234 e. The number of carbonyl (C=O) groups excluding carboxylic acids is 2. The van der Waals surface area contributed by atoms with Gasteiger partial charge in [0.15, 0.2) is 0 Å². The highest BCUT2D eigenvalue weighted by Gasteiger charge is 2.20. The summed E-state index contributed by atoms with van der Waals surface area (Å²) in [4.78, 5) is 26.8. The number of halogens is 1. The lowest BCUT2D eigenvalue weighted by molar-refractivity contribution is -0.131. The molecular weight excluding hydrogens is 273 g/mol. The SMILES string of the molecule is CC(=O)N1CCN(CC(=O)NCc2ccccc2F)CC1. The maximum absolute atomic E-state index is 13.4. The number of nitrogens with one attached hydrogen (secondary N) is 1. The van der Waals surface area contributed by atoms with Gasteiger partial charge in [-0.15, -0.1) is 0 Å². The van der Waals surface area contributed by atoms with Crippen LogP contribution in [0.3, 0.4) is 0 Å². The van der Waals surface area contributed by atoms with Gasteiger partial charge in [-0.2, -0.15) is 0 Å². The van der Waals surface area contributed by atoms with Crippen molar-refractivity contribution in [2.45, 2.75) is 13.5 Å². The standard InChI is InChI=1S/C15H20FN3O2/c1-12(20)19-8-6-18(7-9-19)11-15(21)17-10-13-4-2-3-5-14(13)16/h2-5H,6-11H2,1H3,(H,17,21). The predicted octanol–water partition coefficient (Wildman–Crippen LogP) is 0.606. The van der Waals surface area contributed by atoms with E-state index in [1.807, 2.05) is 4.90 Å². The molecule has 1 fully saturated rings. The Hall–Kier alpha value is -1.95. The number of carbonyl (C=O) groups is 2. The van der Waals surface area contributed by atoms with Gasteiger partial charge in [0.1, 0.15) is 5.82 Å². The first-order chi connectivity index (χ1) is 10.1. The van der Waals surface area contributed by atoms with Crippen molar-refractivity contribution < 1.29 is 14.0 Å². The molecule has 114 valence electrons. The summed E-state index contributed by atoms with van der Waals surface area (Å²) in [5.41, 5.74) is 0.479. The molecule has 1 N–H and O–H groups in total. The zero-order valence-corrected chi connectivity index (χ0v) is 12.1. The van der Waals surface area contributed by atoms with E-state index in [-0.39, 0.29) is 30.7 Å². The molecule has 0 radical (unpaired) electrons. The fraction of sp³-hybridized carbons (Fsp3) is 0.467. The second-order valence-corrected chi connectivity index (χ2v) is 5.15. The Morgan fingerprint density at radius 2 is 1.86 bits per heavy atom. The maximum Gasteiger partial charge on any atom is 0.234 e. The molecule has 0 unspecified atom stereocenters. The average Bonchev–Trinajstić information content (AvgIpc) is 2.47. The van der Waals surface area contributed by atoms with E-state index in [9.17, 15) is 14.0 Å². The van der Waals surface area contributed by atoms with Gasteiger partial charge < -0.3 is 10.2 Å². The fourth-order valence-electron chi connectivity index (χ4n) is 2.32. The maximum atomic E-state index is 13.4. The zero-order valence-electron chi connectivity index (χ0n) is 12.1. The fourth-order valence-corrected chi connectivity index (χ4v) is 2.32. The second-order valence-electron chi connectivity index (χ2n) is 5.15. The Kier molecular flexibility index (Phi) is 5.27. The van der Waals surface area contributed by atoms with E-state index in [4.69, 9.17) is 0 Å². The van der Waals surface area contributed by atoms with Gasteiger partial charge in [0.05, 0.1) is 6.54 Å². The van der Waals surface area contributed by atoms with Gasteiger partial charge >= 0.3 is 0 Å². The highest BCUT2D eigenvalue weighted by atomic mass is 19.1. The third-order valence-electron chi connectivity index (χ3n) is 3.62. The summed E-state index contributed by atoms with van der Waals surface area (Å²) >= 11 is 0. The van der Waals surface area contributed by atoms with Crippen LogP contribution in [-0.2, 0) is 16.1 Å². The van der Waals surface area contributed by atoms with E-state index >= 15 is 0 Å². The average molecular weight is 293 g/mol. The van der Waals surface area contributed by atoms with Gasteiger partial charge in [0.25, 0.3) is 0 Å². The van der Waals surface area contributed by atoms with Crippen LogP contribution >= 0.6 is 0 Å². The molecule has 0 aliphatic carbocycles. The van der Waals surface area contributed by atoms with Crippen LogP contribution in [0.2, 0.25) is 0 Å². The lowest BCUT2D eigenvalue weighted by Crippen LogP contribution is -2.50. The minimum Gasteiger partial charge on any atom is -0.351 e. The first-order valence-corrected chi connectivity index (χ1v) is 7.04. The Morgan fingerprint density at radius 3 is 2.48 bits per heavy atom. The topological polar surface area (TPSA) is 52.7 Å². The van der Waals surface area contributed by atoms with Crippen LogP contribution in [0.25, 0.3) is 0 Å². The van der Waals surface area contributed by atoms with E-state index in [1.54, 1.807) is 30.0 Å². The molecule has 6 heteroatoms. The summed E-state index contributed by atoms with van der Waals surface area (Å²) in [5.74, 6) is -0.374. The van der Waals surface area contributed by atoms with Crippen LogP contribution in [0, 0.1) is 5.82 Å². The van der Waals surface area contributed by atoms with E-state index in [0.717, 1.165) is 0 Å². The van der Waals surface area contributed by atoms with Gasteiger partial charge in [-0.25, -0.2) is 4.39 Å². The molecule has 0 aromatic heterocycles. The van der Waals surface area contributed by atoms with Crippen LogP contribution in [0.1, 0.15) is 12.5 Å². The molecular formula is C15H20FN3O2. The quantitative estimate of drug-likeness (QED) is 0.885. The van der Waals surface area contributed by atoms with E-state index in [2.05, 4.69) is 5.32 Å². The molecule has 1 aliphatic heterocycles. The third kappa shape index (κ3) is 4.53. The lowest BCUT2D eigenvalue weighted by Gasteiger charge is -2.33. The normalized spacial score (nSPS) is 15.8. The molecule has 5 nitrogen and oxygen atoms in total. The molecule has 21 heavy (non-hydrogen) atoms. The summed E-state index contributed by atoms with van der Waals surface area (Å²) in [7, 11) is 0. The first-order valence-electron chi connectivity index (χ1n) is 7.04. The summed E-state index contributed by atoms with van der Waals surface area (Å²) in [6, 6.07) is 6.39. The van der Waals surface area contributed by atoms with E-state index < -0.39 is 0 Å². The Bertz CT molecular complexity index is 513. The van der Waals surface area contributed by atoms with Gasteiger partial charge in [-0.05, 0) is 6.07 Å². The van der Waals surface area contributed by atoms with Crippen LogP contribution in [-0.4, -0.2) is 54.3 Å². The number of nitrogens with zero attached hydrogens (tertiary/aromatic N) is 2. The van der Waals surface area contributed by atoms with Crippen molar-refractivity contribution in [3.05, 3.63) is 35.6 Å². The first kappa shape index (κ1) is 15.4. The highest BCUT2D eigenvalue weighted by molar-refractivity contribution is 5.78. The summed E-state index contributed by atoms with van der Waals surface area (Å²) in [6.07, 6.45) is 0. The highest BCUT2D eigenvalue weighted by Crippen LogP contribution is 2.06. The Balaban J connectivity index is 1.73. The number of piperazine rings is 1. The molecule has 0 atom stereocenters. The number of hydrogen-bond donors (Lipinski definition) is 1. The number of rotatable bonds is 4. The molecule has 0 saturated carbocycles. The Labute approximate surface area is 123 Å². The lowest BCUT2D eigenvalue weighted by atomic mass is 10.2. The molecule has 1 aromatic carbocycles. The Morgan fingerprint density at radius 1 is 1.19 bits per heavy atom. The zero-order chi connectivity index (χ0) is 15.2. The monoisotopic (exact) mass is 293 g/mol. The third-order valence-corrected chi connectivity index (χ3v) is 3.62. The van der Waals surface area contributed by atoms with Crippen LogP contribution in [0.15, 0.2) is 24.3 Å². The van der Waals surface area contributed by atoms with Gasteiger partial charge in [-0.3, -0.25) is 14.5 Å². The molecule has 1 saturated heterocycles. The summed E-state index contributed by atoms with van der Waals surface area (Å²) < 4.78 is 13.4. The molecule has 1 heterocycles. The van der Waals surface area contributed by atoms with Crippen molar-refractivity contribution in [2.75, 3.05) is 32.7 Å². The largest absolute Gasteiger partial charge is 0.351 e. The van der Waals surface area contributed by atoms with Crippen LogP contribution in [0.4, 0.5) is 4.39 Å². The van der Waals surface area contributed by atoms with Crippen molar-refractivity contribution in [1.82, 2.24) is 15.1 Å². The number of hydrogen-bond acceptors (Lipinski definition) is 3. The molecule has 1 aliphatic rings. The van der Waals surface area contributed by atoms with Crippen molar-refractivity contribution in [2.24, 2.45) is 0 Å². The molecule has 0 spiro atoms. The van der Waals surface area contributed by atoms with Gasteiger partial charge in [0, 0.05) is 45.2 Å². The van der Waals surface area contributed by atoms with E-state index in [1.165, 1.54) is 6.07 Å². The van der Waals surface area contributed by atoms with Gasteiger partial charge in [-0.1, -0.05) is 18.2 Å². The number of amides is 2. The summed E-state index contributed by atoms with van der Waals surface area (Å²) in [5, 5.41) is 2.72. The van der Waals surface area contributed by atoms with Crippen molar-refractivity contribution in [3.63, 3.8) is 0 Å². The van der Waals surface area contributed by atoms with Crippen molar-refractivity contribution >= 4 is 11.8 Å². The molecule has 2 amide bonds. The molecule has 2 rings (SSSR count).